The van der Waals surface area contributed by atoms with Gasteiger partial charge in [0, 0.05) is 60.3 Å². The molecule has 1 fully saturated rings. The maximum atomic E-state index is 12.5. The first-order valence-corrected chi connectivity index (χ1v) is 9.81. The minimum Gasteiger partial charge on any atom is -0.490 e. The standard InChI is InChI=1S/C20H21N3O2S/c24-20(14-26-19-13-22-18-4-2-1-3-17(18)19)23-11-7-16(8-12-23)25-15-5-9-21-10-6-15/h1-6,9-10,13,16,22H,7-8,11-12,14H2. The number of amides is 1. The number of hydrogen-bond acceptors (Lipinski definition) is 4. The van der Waals surface area contributed by atoms with Crippen molar-refractivity contribution in [2.24, 2.45) is 0 Å². The smallest absolute Gasteiger partial charge is 0.232 e. The van der Waals surface area contributed by atoms with Crippen LogP contribution >= 0.6 is 11.8 Å². The Balaban J connectivity index is 1.27. The van der Waals surface area contributed by atoms with Crippen molar-refractivity contribution in [3.63, 3.8) is 0 Å². The highest BCUT2D eigenvalue weighted by molar-refractivity contribution is 8.00. The largest absolute Gasteiger partial charge is 0.490 e. The summed E-state index contributed by atoms with van der Waals surface area (Å²) in [7, 11) is 0. The van der Waals surface area contributed by atoms with Gasteiger partial charge < -0.3 is 14.6 Å². The molecular weight excluding hydrogens is 346 g/mol. The third-order valence-corrected chi connectivity index (χ3v) is 5.69. The van der Waals surface area contributed by atoms with E-state index in [1.807, 2.05) is 35.4 Å². The van der Waals surface area contributed by atoms with E-state index in [9.17, 15) is 4.79 Å². The van der Waals surface area contributed by atoms with Gasteiger partial charge in [-0.25, -0.2) is 0 Å². The van der Waals surface area contributed by atoms with Crippen molar-refractivity contribution in [2.45, 2.75) is 23.8 Å². The molecule has 1 aliphatic rings. The number of fused-ring (bicyclic) bond motifs is 1. The van der Waals surface area contributed by atoms with Crippen molar-refractivity contribution >= 4 is 28.6 Å². The summed E-state index contributed by atoms with van der Waals surface area (Å²) in [5, 5.41) is 1.18. The molecule has 3 aromatic rings. The van der Waals surface area contributed by atoms with Gasteiger partial charge in [-0.1, -0.05) is 18.2 Å². The number of likely N-dealkylation sites (tertiary alicyclic amines) is 1. The number of carbonyl (C=O) groups excluding carboxylic acids is 1. The van der Waals surface area contributed by atoms with Gasteiger partial charge in [-0.2, -0.15) is 0 Å². The lowest BCUT2D eigenvalue weighted by Gasteiger charge is -2.32. The van der Waals surface area contributed by atoms with Crippen LogP contribution in [-0.4, -0.2) is 45.7 Å². The molecule has 26 heavy (non-hydrogen) atoms. The molecule has 1 aliphatic heterocycles. The zero-order valence-corrected chi connectivity index (χ0v) is 15.2. The second kappa shape index (κ2) is 7.83. The number of piperidine rings is 1. The van der Waals surface area contributed by atoms with E-state index in [1.165, 1.54) is 5.39 Å². The number of H-pyrrole nitrogens is 1. The van der Waals surface area contributed by atoms with Crippen molar-refractivity contribution in [3.8, 4) is 5.75 Å². The van der Waals surface area contributed by atoms with Gasteiger partial charge in [-0.3, -0.25) is 9.78 Å². The van der Waals surface area contributed by atoms with Gasteiger partial charge >= 0.3 is 0 Å². The van der Waals surface area contributed by atoms with Crippen LogP contribution in [0.25, 0.3) is 10.9 Å². The van der Waals surface area contributed by atoms with Crippen molar-refractivity contribution in [2.75, 3.05) is 18.8 Å². The zero-order chi connectivity index (χ0) is 17.8. The van der Waals surface area contributed by atoms with Gasteiger partial charge in [0.2, 0.25) is 5.91 Å². The molecule has 0 aliphatic carbocycles. The fourth-order valence-electron chi connectivity index (χ4n) is 3.23. The molecule has 1 amide bonds. The van der Waals surface area contributed by atoms with Gasteiger partial charge in [0.15, 0.2) is 0 Å². The molecule has 2 aromatic heterocycles. The first-order chi connectivity index (χ1) is 12.8. The summed E-state index contributed by atoms with van der Waals surface area (Å²) in [6, 6.07) is 11.9. The monoisotopic (exact) mass is 367 g/mol. The molecule has 0 bridgehead atoms. The Hall–Kier alpha value is -2.47. The van der Waals surface area contributed by atoms with Crippen LogP contribution in [0.15, 0.2) is 59.9 Å². The summed E-state index contributed by atoms with van der Waals surface area (Å²) in [6.07, 6.45) is 7.35. The van der Waals surface area contributed by atoms with Crippen LogP contribution in [0, 0.1) is 0 Å². The second-order valence-corrected chi connectivity index (χ2v) is 7.39. The Morgan fingerprint density at radius 1 is 1.19 bits per heavy atom. The van der Waals surface area contributed by atoms with Gasteiger partial charge in [0.05, 0.1) is 5.75 Å². The highest BCUT2D eigenvalue weighted by atomic mass is 32.2. The highest BCUT2D eigenvalue weighted by Gasteiger charge is 2.24. The third-order valence-electron chi connectivity index (χ3n) is 4.65. The number of nitrogens with one attached hydrogen (secondary N) is 1. The molecule has 4 rings (SSSR count). The van der Waals surface area contributed by atoms with E-state index in [-0.39, 0.29) is 12.0 Å². The molecule has 0 atom stereocenters. The summed E-state index contributed by atoms with van der Waals surface area (Å²) in [5.74, 6) is 1.51. The molecule has 0 saturated carbocycles. The van der Waals surface area contributed by atoms with Crippen LogP contribution in [0.2, 0.25) is 0 Å². The number of rotatable bonds is 5. The number of thioether (sulfide) groups is 1. The van der Waals surface area contributed by atoms with Crippen LogP contribution < -0.4 is 4.74 Å². The molecule has 1 aromatic carbocycles. The quantitative estimate of drug-likeness (QED) is 0.698. The number of aromatic nitrogens is 2. The van der Waals surface area contributed by atoms with Crippen molar-refractivity contribution in [1.29, 1.82) is 0 Å². The topological polar surface area (TPSA) is 58.2 Å². The van der Waals surface area contributed by atoms with Gasteiger partial charge in [0.1, 0.15) is 11.9 Å². The summed E-state index contributed by atoms with van der Waals surface area (Å²) in [4.78, 5) is 22.9. The van der Waals surface area contributed by atoms with Crippen molar-refractivity contribution < 1.29 is 9.53 Å². The number of carbonyl (C=O) groups is 1. The minimum absolute atomic E-state index is 0.169. The number of aromatic amines is 1. The lowest BCUT2D eigenvalue weighted by Crippen LogP contribution is -2.42. The molecule has 0 unspecified atom stereocenters. The van der Waals surface area contributed by atoms with Crippen LogP contribution in [0.3, 0.4) is 0 Å². The van der Waals surface area contributed by atoms with E-state index in [1.54, 1.807) is 24.2 Å². The summed E-state index contributed by atoms with van der Waals surface area (Å²) in [5.41, 5.74) is 1.11. The predicted molar refractivity (Wildman–Crippen MR) is 103 cm³/mol. The fourth-order valence-corrected chi connectivity index (χ4v) is 4.16. The van der Waals surface area contributed by atoms with Crippen LogP contribution in [-0.2, 0) is 4.79 Å². The molecule has 134 valence electrons. The van der Waals surface area contributed by atoms with E-state index in [2.05, 4.69) is 22.1 Å². The van der Waals surface area contributed by atoms with Crippen LogP contribution in [0.5, 0.6) is 5.75 Å². The number of para-hydroxylation sites is 1. The number of ether oxygens (including phenoxy) is 1. The van der Waals surface area contributed by atoms with Gasteiger partial charge in [0.25, 0.3) is 0 Å². The third kappa shape index (κ3) is 3.85. The lowest BCUT2D eigenvalue weighted by atomic mass is 10.1. The molecule has 6 heteroatoms. The van der Waals surface area contributed by atoms with Crippen LogP contribution in [0.1, 0.15) is 12.8 Å². The first kappa shape index (κ1) is 17.0. The molecule has 1 N–H and O–H groups in total. The number of pyridine rings is 1. The first-order valence-electron chi connectivity index (χ1n) is 8.83. The summed E-state index contributed by atoms with van der Waals surface area (Å²) >= 11 is 1.60. The fraction of sp³-hybridized carbons (Fsp3) is 0.300. The second-order valence-electron chi connectivity index (χ2n) is 6.37. The van der Waals surface area contributed by atoms with E-state index in [0.29, 0.717) is 5.75 Å². The summed E-state index contributed by atoms with van der Waals surface area (Å²) in [6.45, 7) is 1.51. The molecule has 1 saturated heterocycles. The normalized spacial score (nSPS) is 15.3. The van der Waals surface area contributed by atoms with Crippen LogP contribution in [0.4, 0.5) is 0 Å². The van der Waals surface area contributed by atoms with Gasteiger partial charge in [-0.05, 0) is 18.2 Å². The van der Waals surface area contributed by atoms with Gasteiger partial charge in [-0.15, -0.1) is 11.8 Å². The lowest BCUT2D eigenvalue weighted by molar-refractivity contribution is -0.130. The molecule has 5 nitrogen and oxygen atoms in total. The molecule has 3 heterocycles. The van der Waals surface area contributed by atoms with E-state index in [0.717, 1.165) is 42.1 Å². The maximum Gasteiger partial charge on any atom is 0.232 e. The molecule has 0 spiro atoms. The van der Waals surface area contributed by atoms with E-state index >= 15 is 0 Å². The van der Waals surface area contributed by atoms with E-state index < -0.39 is 0 Å². The average Bonchev–Trinajstić information content (AvgIpc) is 3.11. The Labute approximate surface area is 156 Å². The zero-order valence-electron chi connectivity index (χ0n) is 14.4. The number of benzene rings is 1. The van der Waals surface area contributed by atoms with Crippen molar-refractivity contribution in [3.05, 3.63) is 55.0 Å². The Bertz CT molecular complexity index is 873. The number of nitrogens with zero attached hydrogens (tertiary/aromatic N) is 2. The predicted octanol–water partition coefficient (Wildman–Crippen LogP) is 3.73. The molecule has 0 radical (unpaired) electrons. The average molecular weight is 367 g/mol. The highest BCUT2D eigenvalue weighted by Crippen LogP contribution is 2.28. The SMILES string of the molecule is O=C(CSc1c[nH]c2ccccc12)N1CCC(Oc2ccncc2)CC1. The van der Waals surface area contributed by atoms with E-state index in [4.69, 9.17) is 4.74 Å². The molecular formula is C20H21N3O2S. The summed E-state index contributed by atoms with van der Waals surface area (Å²) < 4.78 is 5.96. The Kier molecular flexibility index (Phi) is 5.11. The minimum atomic E-state index is 0.169. The maximum absolute atomic E-state index is 12.5. The van der Waals surface area contributed by atoms with Crippen molar-refractivity contribution in [1.82, 2.24) is 14.9 Å². The number of hydrogen-bond donors (Lipinski definition) is 1. The Morgan fingerprint density at radius 3 is 2.77 bits per heavy atom. The Morgan fingerprint density at radius 2 is 1.96 bits per heavy atom.